The molecular formula is C13H10FN3O. The monoisotopic (exact) mass is 243 g/mol. The molecule has 0 atom stereocenters. The van der Waals surface area contributed by atoms with E-state index in [0.29, 0.717) is 17.3 Å². The van der Waals surface area contributed by atoms with E-state index in [2.05, 4.69) is 9.97 Å². The Balaban J connectivity index is 2.09. The number of aryl methyl sites for hydroxylation is 1. The maximum Gasteiger partial charge on any atom is 0.216 e. The van der Waals surface area contributed by atoms with Crippen molar-refractivity contribution >= 4 is 0 Å². The van der Waals surface area contributed by atoms with Gasteiger partial charge in [0.15, 0.2) is 0 Å². The molecule has 0 aliphatic carbocycles. The zero-order valence-corrected chi connectivity index (χ0v) is 9.72. The number of nitriles is 1. The summed E-state index contributed by atoms with van der Waals surface area (Å²) in [7, 11) is 0. The molecule has 0 aliphatic rings. The molecular weight excluding hydrogens is 233 g/mol. The Bertz CT molecular complexity index is 607. The van der Waals surface area contributed by atoms with E-state index in [1.807, 2.05) is 6.07 Å². The molecule has 2 rings (SSSR count). The molecule has 90 valence electrons. The molecule has 0 N–H and O–H groups in total. The number of hydrogen-bond donors (Lipinski definition) is 0. The van der Waals surface area contributed by atoms with Crippen molar-refractivity contribution in [2.24, 2.45) is 0 Å². The Hall–Kier alpha value is -2.48. The minimum Gasteiger partial charge on any atom is -0.473 e. The summed E-state index contributed by atoms with van der Waals surface area (Å²) >= 11 is 0. The predicted molar refractivity (Wildman–Crippen MR) is 62.2 cm³/mol. The molecule has 5 heteroatoms. The summed E-state index contributed by atoms with van der Waals surface area (Å²) in [5.41, 5.74) is 0.666. The quantitative estimate of drug-likeness (QED) is 0.830. The first-order valence-corrected chi connectivity index (χ1v) is 5.30. The van der Waals surface area contributed by atoms with Crippen molar-refractivity contribution in [1.29, 1.82) is 5.26 Å². The van der Waals surface area contributed by atoms with Crippen LogP contribution in [0.3, 0.4) is 0 Å². The van der Waals surface area contributed by atoms with E-state index in [9.17, 15) is 4.39 Å². The van der Waals surface area contributed by atoms with Crippen LogP contribution in [0, 0.1) is 24.1 Å². The lowest BCUT2D eigenvalue weighted by molar-refractivity contribution is 0.287. The third kappa shape index (κ3) is 2.80. The second-order valence-corrected chi connectivity index (χ2v) is 3.65. The number of benzene rings is 1. The van der Waals surface area contributed by atoms with Crippen LogP contribution in [0.5, 0.6) is 5.88 Å². The van der Waals surface area contributed by atoms with Crippen molar-refractivity contribution in [3.8, 4) is 11.9 Å². The van der Waals surface area contributed by atoms with Crippen molar-refractivity contribution < 1.29 is 9.13 Å². The molecule has 1 heterocycles. The van der Waals surface area contributed by atoms with E-state index in [-0.39, 0.29) is 12.2 Å². The number of ether oxygens (including phenoxy) is 1. The first-order chi connectivity index (χ1) is 8.69. The Morgan fingerprint density at radius 1 is 1.39 bits per heavy atom. The number of halogens is 1. The molecule has 0 aliphatic heterocycles. The van der Waals surface area contributed by atoms with E-state index in [1.165, 1.54) is 12.1 Å². The van der Waals surface area contributed by atoms with Crippen molar-refractivity contribution in [2.45, 2.75) is 13.5 Å². The van der Waals surface area contributed by atoms with Gasteiger partial charge in [0.25, 0.3) is 0 Å². The van der Waals surface area contributed by atoms with E-state index in [4.69, 9.17) is 10.00 Å². The zero-order chi connectivity index (χ0) is 13.0. The summed E-state index contributed by atoms with van der Waals surface area (Å²) < 4.78 is 18.9. The van der Waals surface area contributed by atoms with E-state index >= 15 is 0 Å². The van der Waals surface area contributed by atoms with Gasteiger partial charge in [-0.25, -0.2) is 9.37 Å². The SMILES string of the molecule is Cc1nccc(OCc2ccc(C#N)cc2F)n1. The Labute approximate surface area is 104 Å². The van der Waals surface area contributed by atoms with Crippen LogP contribution in [-0.2, 0) is 6.61 Å². The molecule has 0 unspecified atom stereocenters. The summed E-state index contributed by atoms with van der Waals surface area (Å²) in [5.74, 6) is 0.527. The van der Waals surface area contributed by atoms with Gasteiger partial charge < -0.3 is 4.74 Å². The third-order valence-electron chi connectivity index (χ3n) is 2.31. The van der Waals surface area contributed by atoms with Gasteiger partial charge in [-0.2, -0.15) is 10.2 Å². The van der Waals surface area contributed by atoms with Gasteiger partial charge in [-0.15, -0.1) is 0 Å². The minimum atomic E-state index is -0.458. The van der Waals surface area contributed by atoms with E-state index < -0.39 is 5.82 Å². The van der Waals surface area contributed by atoms with Crippen LogP contribution in [-0.4, -0.2) is 9.97 Å². The maximum absolute atomic E-state index is 13.6. The number of hydrogen-bond acceptors (Lipinski definition) is 4. The van der Waals surface area contributed by atoms with Crippen molar-refractivity contribution in [3.63, 3.8) is 0 Å². The number of nitrogens with zero attached hydrogens (tertiary/aromatic N) is 3. The smallest absolute Gasteiger partial charge is 0.216 e. The van der Waals surface area contributed by atoms with Gasteiger partial charge in [0.1, 0.15) is 18.2 Å². The molecule has 18 heavy (non-hydrogen) atoms. The fourth-order valence-electron chi connectivity index (χ4n) is 1.40. The lowest BCUT2D eigenvalue weighted by atomic mass is 10.1. The van der Waals surface area contributed by atoms with Gasteiger partial charge in [-0.05, 0) is 19.1 Å². The van der Waals surface area contributed by atoms with Gasteiger partial charge in [0.2, 0.25) is 5.88 Å². The highest BCUT2D eigenvalue weighted by molar-refractivity contribution is 5.32. The second-order valence-electron chi connectivity index (χ2n) is 3.65. The number of aromatic nitrogens is 2. The predicted octanol–water partition coefficient (Wildman–Crippen LogP) is 2.37. The first-order valence-electron chi connectivity index (χ1n) is 5.30. The molecule has 1 aromatic carbocycles. The van der Waals surface area contributed by atoms with Crippen LogP contribution in [0.15, 0.2) is 30.5 Å². The minimum absolute atomic E-state index is 0.0635. The molecule has 2 aromatic rings. The lowest BCUT2D eigenvalue weighted by Gasteiger charge is -2.06. The van der Waals surface area contributed by atoms with Crippen LogP contribution in [0.25, 0.3) is 0 Å². The molecule has 4 nitrogen and oxygen atoms in total. The normalized spacial score (nSPS) is 9.83. The molecule has 0 radical (unpaired) electrons. The van der Waals surface area contributed by atoms with Gasteiger partial charge >= 0.3 is 0 Å². The topological polar surface area (TPSA) is 58.8 Å². The van der Waals surface area contributed by atoms with Crippen LogP contribution >= 0.6 is 0 Å². The van der Waals surface area contributed by atoms with Gasteiger partial charge in [0.05, 0.1) is 11.6 Å². The van der Waals surface area contributed by atoms with Gasteiger partial charge in [0, 0.05) is 17.8 Å². The maximum atomic E-state index is 13.6. The van der Waals surface area contributed by atoms with Crippen LogP contribution in [0.4, 0.5) is 4.39 Å². The zero-order valence-electron chi connectivity index (χ0n) is 9.72. The molecule has 1 aromatic heterocycles. The van der Waals surface area contributed by atoms with E-state index in [0.717, 1.165) is 0 Å². The standard InChI is InChI=1S/C13H10FN3O/c1-9-16-5-4-13(17-9)18-8-11-3-2-10(7-15)6-12(11)14/h2-6H,8H2,1H3. The van der Waals surface area contributed by atoms with Crippen LogP contribution in [0.1, 0.15) is 17.0 Å². The van der Waals surface area contributed by atoms with E-state index in [1.54, 1.807) is 25.3 Å². The summed E-state index contributed by atoms with van der Waals surface area (Å²) in [6, 6.07) is 7.74. The fraction of sp³-hybridized carbons (Fsp3) is 0.154. The van der Waals surface area contributed by atoms with Crippen molar-refractivity contribution in [3.05, 3.63) is 53.2 Å². The lowest BCUT2D eigenvalue weighted by Crippen LogP contribution is -2.01. The largest absolute Gasteiger partial charge is 0.473 e. The van der Waals surface area contributed by atoms with Gasteiger partial charge in [-0.3, -0.25) is 0 Å². The molecule has 0 bridgehead atoms. The fourth-order valence-corrected chi connectivity index (χ4v) is 1.40. The molecule has 0 amide bonds. The van der Waals surface area contributed by atoms with Crippen molar-refractivity contribution in [2.75, 3.05) is 0 Å². The molecule has 0 saturated heterocycles. The number of rotatable bonds is 3. The molecule has 0 fully saturated rings. The Morgan fingerprint density at radius 3 is 2.89 bits per heavy atom. The third-order valence-corrected chi connectivity index (χ3v) is 2.31. The summed E-state index contributed by atoms with van der Waals surface area (Å²) in [6.07, 6.45) is 1.58. The summed E-state index contributed by atoms with van der Waals surface area (Å²) in [5, 5.41) is 8.63. The Kier molecular flexibility index (Phi) is 3.49. The highest BCUT2D eigenvalue weighted by Crippen LogP contribution is 2.13. The van der Waals surface area contributed by atoms with Gasteiger partial charge in [-0.1, -0.05) is 6.07 Å². The Morgan fingerprint density at radius 2 is 2.22 bits per heavy atom. The van der Waals surface area contributed by atoms with Crippen molar-refractivity contribution in [1.82, 2.24) is 9.97 Å². The summed E-state index contributed by atoms with van der Waals surface area (Å²) in [4.78, 5) is 7.98. The first kappa shape index (κ1) is 12.0. The summed E-state index contributed by atoms with van der Waals surface area (Å²) in [6.45, 7) is 1.81. The van der Waals surface area contributed by atoms with Crippen LogP contribution < -0.4 is 4.74 Å². The van der Waals surface area contributed by atoms with Crippen LogP contribution in [0.2, 0.25) is 0 Å². The molecule has 0 spiro atoms. The highest BCUT2D eigenvalue weighted by Gasteiger charge is 2.05. The average molecular weight is 243 g/mol. The highest BCUT2D eigenvalue weighted by atomic mass is 19.1. The second kappa shape index (κ2) is 5.23. The average Bonchev–Trinajstić information content (AvgIpc) is 2.37. The molecule has 0 saturated carbocycles.